The Morgan fingerprint density at radius 3 is 2.58 bits per heavy atom. The normalized spacial score (nSPS) is 10.9. The Labute approximate surface area is 107 Å². The van der Waals surface area contributed by atoms with Gasteiger partial charge in [-0.1, -0.05) is 0 Å². The van der Waals surface area contributed by atoms with Gasteiger partial charge in [0.15, 0.2) is 0 Å². The van der Waals surface area contributed by atoms with Gasteiger partial charge >= 0.3 is 12.1 Å². The maximum absolute atomic E-state index is 12.8. The monoisotopic (exact) mass is 273 g/mol. The van der Waals surface area contributed by atoms with Crippen LogP contribution >= 0.6 is 0 Å². The summed E-state index contributed by atoms with van der Waals surface area (Å²) in [6.45, 7) is 1.57. The molecule has 0 atom stereocenters. The number of hydrogen-bond acceptors (Lipinski definition) is 4. The third-order valence-electron chi connectivity index (χ3n) is 2.29. The zero-order chi connectivity index (χ0) is 14.6. The Morgan fingerprint density at radius 2 is 2.11 bits per heavy atom. The number of carbonyl (C=O) groups is 1. The van der Waals surface area contributed by atoms with Crippen molar-refractivity contribution in [3.8, 4) is 11.8 Å². The van der Waals surface area contributed by atoms with Gasteiger partial charge in [-0.25, -0.2) is 0 Å². The van der Waals surface area contributed by atoms with Crippen LogP contribution in [0.3, 0.4) is 0 Å². The fourth-order valence-corrected chi connectivity index (χ4v) is 1.50. The summed E-state index contributed by atoms with van der Waals surface area (Å²) in [6, 6.07) is 2.83. The number of aromatic hydroxyl groups is 1. The summed E-state index contributed by atoms with van der Waals surface area (Å²) in [6.07, 6.45) is -5.34. The molecule has 0 aliphatic rings. The first kappa shape index (κ1) is 14.8. The zero-order valence-electron chi connectivity index (χ0n) is 9.91. The fourth-order valence-electron chi connectivity index (χ4n) is 1.50. The molecular formula is C12H10F3NO3. The van der Waals surface area contributed by atoms with E-state index in [1.54, 1.807) is 6.07 Å². The summed E-state index contributed by atoms with van der Waals surface area (Å²) in [5.74, 6) is -1.61. The van der Waals surface area contributed by atoms with Crippen molar-refractivity contribution in [2.75, 3.05) is 6.61 Å². The minimum absolute atomic E-state index is 0.0450. The average molecular weight is 273 g/mol. The maximum atomic E-state index is 12.8. The van der Waals surface area contributed by atoms with Gasteiger partial charge in [0.25, 0.3) is 0 Å². The van der Waals surface area contributed by atoms with E-state index in [1.165, 1.54) is 6.92 Å². The van der Waals surface area contributed by atoms with Crippen molar-refractivity contribution in [1.29, 1.82) is 5.26 Å². The van der Waals surface area contributed by atoms with E-state index in [2.05, 4.69) is 4.74 Å². The summed E-state index contributed by atoms with van der Waals surface area (Å²) >= 11 is 0. The molecule has 0 radical (unpaired) electrons. The Morgan fingerprint density at radius 1 is 1.47 bits per heavy atom. The molecule has 1 aromatic rings. The highest BCUT2D eigenvalue weighted by Gasteiger charge is 2.35. The maximum Gasteiger partial charge on any atom is 0.416 e. The molecule has 0 heterocycles. The minimum Gasteiger partial charge on any atom is -0.507 e. The predicted molar refractivity (Wildman–Crippen MR) is 58.2 cm³/mol. The number of esters is 1. The molecule has 0 bridgehead atoms. The molecule has 102 valence electrons. The van der Waals surface area contributed by atoms with Crippen LogP contribution in [0, 0.1) is 11.3 Å². The van der Waals surface area contributed by atoms with Gasteiger partial charge in [0, 0.05) is 0 Å². The first-order chi connectivity index (χ1) is 8.79. The van der Waals surface area contributed by atoms with E-state index in [9.17, 15) is 23.1 Å². The SMILES string of the molecule is CCOC(=O)Cc1cc(C#N)c(O)cc1C(F)(F)F. The predicted octanol–water partition coefficient (Wildman–Crippen LogP) is 2.39. The van der Waals surface area contributed by atoms with Crippen LogP contribution in [0.5, 0.6) is 5.75 Å². The molecule has 1 rings (SSSR count). The van der Waals surface area contributed by atoms with Gasteiger partial charge in [-0.2, -0.15) is 18.4 Å². The number of carbonyl (C=O) groups excluding carboxylic acids is 1. The Bertz CT molecular complexity index is 532. The molecule has 1 N–H and O–H groups in total. The molecule has 0 saturated carbocycles. The van der Waals surface area contributed by atoms with Gasteiger partial charge in [0.05, 0.1) is 24.2 Å². The van der Waals surface area contributed by atoms with E-state index < -0.39 is 35.4 Å². The summed E-state index contributed by atoms with van der Waals surface area (Å²) in [5.41, 5.74) is -1.88. The first-order valence-corrected chi connectivity index (χ1v) is 5.28. The van der Waals surface area contributed by atoms with Crippen LogP contribution in [-0.2, 0) is 22.1 Å². The smallest absolute Gasteiger partial charge is 0.416 e. The fraction of sp³-hybridized carbons (Fsp3) is 0.333. The molecule has 1 aromatic carbocycles. The number of phenolic OH excluding ortho intramolecular Hbond substituents is 1. The number of halogens is 3. The third-order valence-corrected chi connectivity index (χ3v) is 2.29. The van der Waals surface area contributed by atoms with Gasteiger partial charge in [0.1, 0.15) is 11.8 Å². The lowest BCUT2D eigenvalue weighted by Gasteiger charge is -2.13. The molecule has 0 spiro atoms. The van der Waals surface area contributed by atoms with Crippen LogP contribution in [0.4, 0.5) is 13.2 Å². The van der Waals surface area contributed by atoms with Crippen LogP contribution in [-0.4, -0.2) is 17.7 Å². The van der Waals surface area contributed by atoms with E-state index in [1.807, 2.05) is 0 Å². The minimum atomic E-state index is -4.73. The van der Waals surface area contributed by atoms with E-state index in [0.717, 1.165) is 6.07 Å². The summed E-state index contributed by atoms with van der Waals surface area (Å²) in [4.78, 5) is 11.2. The van der Waals surface area contributed by atoms with Crippen LogP contribution in [0.25, 0.3) is 0 Å². The highest BCUT2D eigenvalue weighted by molar-refractivity contribution is 5.73. The average Bonchev–Trinajstić information content (AvgIpc) is 2.29. The van der Waals surface area contributed by atoms with Crippen molar-refractivity contribution in [3.63, 3.8) is 0 Å². The summed E-state index contributed by atoms with van der Waals surface area (Å²) < 4.78 is 42.8. The number of alkyl halides is 3. The number of hydrogen-bond donors (Lipinski definition) is 1. The van der Waals surface area contributed by atoms with E-state index in [0.29, 0.717) is 6.07 Å². The van der Waals surface area contributed by atoms with Gasteiger partial charge in [0.2, 0.25) is 0 Å². The van der Waals surface area contributed by atoms with Crippen molar-refractivity contribution in [1.82, 2.24) is 0 Å². The van der Waals surface area contributed by atoms with E-state index >= 15 is 0 Å². The second-order valence-electron chi connectivity index (χ2n) is 3.62. The molecule has 0 unspecified atom stereocenters. The highest BCUT2D eigenvalue weighted by Crippen LogP contribution is 2.36. The number of phenols is 1. The second-order valence-corrected chi connectivity index (χ2v) is 3.62. The molecule has 0 amide bonds. The van der Waals surface area contributed by atoms with Crippen molar-refractivity contribution in [2.24, 2.45) is 0 Å². The quantitative estimate of drug-likeness (QED) is 0.858. The van der Waals surface area contributed by atoms with E-state index in [-0.39, 0.29) is 12.2 Å². The molecule has 0 fully saturated rings. The van der Waals surface area contributed by atoms with Crippen molar-refractivity contribution >= 4 is 5.97 Å². The lowest BCUT2D eigenvalue weighted by Crippen LogP contribution is -2.14. The third kappa shape index (κ3) is 3.61. The van der Waals surface area contributed by atoms with Crippen LogP contribution in [0.2, 0.25) is 0 Å². The number of rotatable bonds is 3. The van der Waals surface area contributed by atoms with Gasteiger partial charge in [-0.05, 0) is 24.6 Å². The van der Waals surface area contributed by atoms with Crippen LogP contribution in [0.15, 0.2) is 12.1 Å². The van der Waals surface area contributed by atoms with Crippen LogP contribution < -0.4 is 0 Å². The Hall–Kier alpha value is -2.23. The zero-order valence-corrected chi connectivity index (χ0v) is 9.91. The number of benzene rings is 1. The van der Waals surface area contributed by atoms with Gasteiger partial charge in [-0.3, -0.25) is 4.79 Å². The lowest BCUT2D eigenvalue weighted by atomic mass is 10.0. The van der Waals surface area contributed by atoms with Gasteiger partial charge < -0.3 is 9.84 Å². The largest absolute Gasteiger partial charge is 0.507 e. The topological polar surface area (TPSA) is 70.3 Å². The molecule has 0 aliphatic heterocycles. The first-order valence-electron chi connectivity index (χ1n) is 5.28. The molecule has 0 aromatic heterocycles. The Kier molecular flexibility index (Phi) is 4.38. The van der Waals surface area contributed by atoms with E-state index in [4.69, 9.17) is 5.26 Å². The van der Waals surface area contributed by atoms with Crippen molar-refractivity contribution in [3.05, 3.63) is 28.8 Å². The molecule has 0 aliphatic carbocycles. The molecular weight excluding hydrogens is 263 g/mol. The molecule has 7 heteroatoms. The Balaban J connectivity index is 3.27. The second kappa shape index (κ2) is 5.61. The van der Waals surface area contributed by atoms with Crippen molar-refractivity contribution in [2.45, 2.75) is 19.5 Å². The molecule has 4 nitrogen and oxygen atoms in total. The van der Waals surface area contributed by atoms with Crippen LogP contribution in [0.1, 0.15) is 23.6 Å². The lowest BCUT2D eigenvalue weighted by molar-refractivity contribution is -0.143. The molecule has 19 heavy (non-hydrogen) atoms. The number of ether oxygens (including phenoxy) is 1. The van der Waals surface area contributed by atoms with Gasteiger partial charge in [-0.15, -0.1) is 0 Å². The van der Waals surface area contributed by atoms with Crippen molar-refractivity contribution < 1.29 is 27.8 Å². The summed E-state index contributed by atoms with van der Waals surface area (Å²) in [7, 11) is 0. The highest BCUT2D eigenvalue weighted by atomic mass is 19.4. The summed E-state index contributed by atoms with van der Waals surface area (Å²) in [5, 5.41) is 17.9. The number of nitrogens with zero attached hydrogens (tertiary/aromatic N) is 1. The molecule has 0 saturated heterocycles. The standard InChI is InChI=1S/C12H10F3NO3/c1-2-19-11(18)4-7-3-8(6-16)10(17)5-9(7)12(13,14)15/h3,5,17H,2,4H2,1H3. The number of nitriles is 1.